The van der Waals surface area contributed by atoms with Crippen molar-refractivity contribution in [1.82, 2.24) is 10.3 Å². The standard InChI is InChI=1S/C26H25N3O3/c1-18-22(12-16-31-18)26(30)28-19-10-14-29(15-11-19)25-9-13-27-24-8-7-21(17-23(24)25)32-20-5-3-2-4-6-20/h2-9,12-13,16-17,19H,10-11,14-15H2,1H3,(H,28,30). The highest BCUT2D eigenvalue weighted by molar-refractivity contribution is 5.95. The zero-order valence-corrected chi connectivity index (χ0v) is 18.0. The van der Waals surface area contributed by atoms with Crippen LogP contribution in [-0.4, -0.2) is 30.0 Å². The molecule has 6 nitrogen and oxygen atoms in total. The van der Waals surface area contributed by atoms with Crippen molar-refractivity contribution in [1.29, 1.82) is 0 Å². The lowest BCUT2D eigenvalue weighted by atomic mass is 10.0. The van der Waals surface area contributed by atoms with Gasteiger partial charge in [-0.25, -0.2) is 0 Å². The van der Waals surface area contributed by atoms with E-state index in [1.54, 1.807) is 12.3 Å². The number of aromatic nitrogens is 1. The topological polar surface area (TPSA) is 67.6 Å². The van der Waals surface area contributed by atoms with Gasteiger partial charge in [-0.15, -0.1) is 0 Å². The number of hydrogen-bond acceptors (Lipinski definition) is 5. The van der Waals surface area contributed by atoms with Crippen molar-refractivity contribution in [3.05, 3.63) is 84.4 Å². The van der Waals surface area contributed by atoms with Gasteiger partial charge in [-0.1, -0.05) is 18.2 Å². The molecule has 0 saturated carbocycles. The van der Waals surface area contributed by atoms with Crippen molar-refractivity contribution in [3.8, 4) is 11.5 Å². The molecule has 6 heteroatoms. The minimum Gasteiger partial charge on any atom is -0.469 e. The lowest BCUT2D eigenvalue weighted by Gasteiger charge is -2.34. The third-order valence-electron chi connectivity index (χ3n) is 5.94. The Morgan fingerprint density at radius 3 is 2.62 bits per heavy atom. The fourth-order valence-electron chi connectivity index (χ4n) is 4.22. The molecule has 5 rings (SSSR count). The van der Waals surface area contributed by atoms with E-state index < -0.39 is 0 Å². The molecule has 2 aromatic heterocycles. The summed E-state index contributed by atoms with van der Waals surface area (Å²) >= 11 is 0. The van der Waals surface area contributed by atoms with Crippen LogP contribution in [-0.2, 0) is 0 Å². The summed E-state index contributed by atoms with van der Waals surface area (Å²) in [6.07, 6.45) is 5.17. The van der Waals surface area contributed by atoms with E-state index in [4.69, 9.17) is 9.15 Å². The maximum atomic E-state index is 12.5. The molecule has 1 aliphatic heterocycles. The molecule has 0 bridgehead atoms. The predicted molar refractivity (Wildman–Crippen MR) is 124 cm³/mol. The monoisotopic (exact) mass is 427 g/mol. The van der Waals surface area contributed by atoms with E-state index in [1.807, 2.05) is 55.6 Å². The maximum Gasteiger partial charge on any atom is 0.255 e. The van der Waals surface area contributed by atoms with Crippen molar-refractivity contribution in [2.24, 2.45) is 0 Å². The van der Waals surface area contributed by atoms with Crippen molar-refractivity contribution < 1.29 is 13.9 Å². The minimum absolute atomic E-state index is 0.0632. The first-order valence-corrected chi connectivity index (χ1v) is 10.9. The molecule has 1 saturated heterocycles. The zero-order chi connectivity index (χ0) is 21.9. The summed E-state index contributed by atoms with van der Waals surface area (Å²) in [4.78, 5) is 19.4. The van der Waals surface area contributed by atoms with E-state index >= 15 is 0 Å². The maximum absolute atomic E-state index is 12.5. The van der Waals surface area contributed by atoms with Crippen LogP contribution in [0.4, 0.5) is 5.69 Å². The molecular weight excluding hydrogens is 402 g/mol. The first-order chi connectivity index (χ1) is 15.7. The third-order valence-corrected chi connectivity index (χ3v) is 5.94. The molecular formula is C26H25N3O3. The average molecular weight is 428 g/mol. The Hall–Kier alpha value is -3.80. The normalized spacial score (nSPS) is 14.5. The molecule has 1 N–H and O–H groups in total. The van der Waals surface area contributed by atoms with Gasteiger partial charge in [-0.3, -0.25) is 9.78 Å². The molecule has 1 fully saturated rings. The van der Waals surface area contributed by atoms with Gasteiger partial charge >= 0.3 is 0 Å². The molecule has 2 aromatic carbocycles. The van der Waals surface area contributed by atoms with Gasteiger partial charge in [0.2, 0.25) is 0 Å². The van der Waals surface area contributed by atoms with Crippen LogP contribution in [0.25, 0.3) is 10.9 Å². The number of benzene rings is 2. The minimum atomic E-state index is -0.0632. The molecule has 4 aromatic rings. The van der Waals surface area contributed by atoms with Gasteiger partial charge in [0.15, 0.2) is 0 Å². The summed E-state index contributed by atoms with van der Waals surface area (Å²) in [5.74, 6) is 2.18. The molecule has 1 aliphatic rings. The number of fused-ring (bicyclic) bond motifs is 1. The second-order valence-corrected chi connectivity index (χ2v) is 8.05. The number of furan rings is 1. The Morgan fingerprint density at radius 1 is 1.06 bits per heavy atom. The van der Waals surface area contributed by atoms with Crippen molar-refractivity contribution in [3.63, 3.8) is 0 Å². The number of hydrogen-bond donors (Lipinski definition) is 1. The Bertz CT molecular complexity index is 1230. The van der Waals surface area contributed by atoms with E-state index in [9.17, 15) is 4.79 Å². The second kappa shape index (κ2) is 8.75. The first-order valence-electron chi connectivity index (χ1n) is 10.9. The van der Waals surface area contributed by atoms with Crippen LogP contribution in [0.5, 0.6) is 11.5 Å². The summed E-state index contributed by atoms with van der Waals surface area (Å²) in [5.41, 5.74) is 2.69. The Morgan fingerprint density at radius 2 is 1.88 bits per heavy atom. The number of aryl methyl sites for hydroxylation is 1. The van der Waals surface area contributed by atoms with Gasteiger partial charge in [-0.2, -0.15) is 0 Å². The SMILES string of the molecule is Cc1occc1C(=O)NC1CCN(c2ccnc3ccc(Oc4ccccc4)cc23)CC1. The van der Waals surface area contributed by atoms with E-state index in [0.29, 0.717) is 11.3 Å². The highest BCUT2D eigenvalue weighted by Gasteiger charge is 2.23. The number of carbonyl (C=O) groups is 1. The summed E-state index contributed by atoms with van der Waals surface area (Å²) in [6.45, 7) is 3.53. The lowest BCUT2D eigenvalue weighted by molar-refractivity contribution is 0.0929. The quantitative estimate of drug-likeness (QED) is 0.466. The van der Waals surface area contributed by atoms with Crippen molar-refractivity contribution in [2.45, 2.75) is 25.8 Å². The smallest absolute Gasteiger partial charge is 0.255 e. The van der Waals surface area contributed by atoms with Crippen LogP contribution >= 0.6 is 0 Å². The van der Waals surface area contributed by atoms with Crippen molar-refractivity contribution >= 4 is 22.5 Å². The number of nitrogens with one attached hydrogen (secondary N) is 1. The Balaban J connectivity index is 1.30. The van der Waals surface area contributed by atoms with Crippen LogP contribution in [0.3, 0.4) is 0 Å². The summed E-state index contributed by atoms with van der Waals surface area (Å²) in [6, 6.07) is 19.7. The van der Waals surface area contributed by atoms with Crippen molar-refractivity contribution in [2.75, 3.05) is 18.0 Å². The first kappa shape index (κ1) is 20.1. The summed E-state index contributed by atoms with van der Waals surface area (Å²) in [7, 11) is 0. The average Bonchev–Trinajstić information content (AvgIpc) is 3.26. The van der Waals surface area contributed by atoms with E-state index in [-0.39, 0.29) is 11.9 Å². The molecule has 162 valence electrons. The lowest BCUT2D eigenvalue weighted by Crippen LogP contribution is -2.44. The van der Waals surface area contributed by atoms with E-state index in [0.717, 1.165) is 54.0 Å². The van der Waals surface area contributed by atoms with E-state index in [2.05, 4.69) is 27.3 Å². The molecule has 0 radical (unpaired) electrons. The van der Waals surface area contributed by atoms with E-state index in [1.165, 1.54) is 0 Å². The summed E-state index contributed by atoms with van der Waals surface area (Å²) in [5, 5.41) is 4.22. The molecule has 1 amide bonds. The third kappa shape index (κ3) is 4.17. The number of ether oxygens (including phenoxy) is 1. The number of rotatable bonds is 5. The molecule has 32 heavy (non-hydrogen) atoms. The highest BCUT2D eigenvalue weighted by atomic mass is 16.5. The number of nitrogens with zero attached hydrogens (tertiary/aromatic N) is 2. The molecule has 0 aliphatic carbocycles. The number of amides is 1. The van der Waals surface area contributed by atoms with Gasteiger partial charge in [0.05, 0.1) is 17.3 Å². The summed E-state index contributed by atoms with van der Waals surface area (Å²) < 4.78 is 11.3. The largest absolute Gasteiger partial charge is 0.469 e. The highest BCUT2D eigenvalue weighted by Crippen LogP contribution is 2.32. The fraction of sp³-hybridized carbons (Fsp3) is 0.231. The number of anilines is 1. The number of para-hydroxylation sites is 1. The van der Waals surface area contributed by atoms with Crippen LogP contribution in [0.15, 0.2) is 77.5 Å². The molecule has 0 atom stereocenters. The zero-order valence-electron chi connectivity index (χ0n) is 18.0. The van der Waals surface area contributed by atoms with Crippen LogP contribution in [0, 0.1) is 6.92 Å². The molecule has 3 heterocycles. The Labute approximate surface area is 186 Å². The number of piperidine rings is 1. The Kier molecular flexibility index (Phi) is 5.50. The van der Waals surface area contributed by atoms with Crippen LogP contribution in [0.1, 0.15) is 29.0 Å². The van der Waals surface area contributed by atoms with Crippen LogP contribution in [0.2, 0.25) is 0 Å². The van der Waals surface area contributed by atoms with Gasteiger partial charge in [0.1, 0.15) is 17.3 Å². The van der Waals surface area contributed by atoms with Gasteiger partial charge in [0.25, 0.3) is 5.91 Å². The van der Waals surface area contributed by atoms with Gasteiger partial charge < -0.3 is 19.4 Å². The molecule has 0 spiro atoms. The molecule has 0 unspecified atom stereocenters. The van der Waals surface area contributed by atoms with Gasteiger partial charge in [0, 0.05) is 36.4 Å². The number of pyridine rings is 1. The predicted octanol–water partition coefficient (Wildman–Crippen LogP) is 5.33. The number of carbonyl (C=O) groups excluding carboxylic acids is 1. The van der Waals surface area contributed by atoms with Crippen LogP contribution < -0.4 is 15.0 Å². The van der Waals surface area contributed by atoms with Gasteiger partial charge in [-0.05, 0) is 62.2 Å². The second-order valence-electron chi connectivity index (χ2n) is 8.05. The fourth-order valence-corrected chi connectivity index (χ4v) is 4.22.